The number of esters is 1. The van der Waals surface area contributed by atoms with E-state index < -0.39 is 23.8 Å². The van der Waals surface area contributed by atoms with Crippen LogP contribution in [0.1, 0.15) is 18.9 Å². The van der Waals surface area contributed by atoms with E-state index in [0.717, 1.165) is 18.2 Å². The van der Waals surface area contributed by atoms with Gasteiger partial charge in [-0.25, -0.2) is 4.79 Å². The Hall–Kier alpha value is -1.43. The number of anilines is 1. The van der Waals surface area contributed by atoms with E-state index >= 15 is 0 Å². The van der Waals surface area contributed by atoms with Gasteiger partial charge in [-0.05, 0) is 24.6 Å². The average molecular weight is 296 g/mol. The summed E-state index contributed by atoms with van der Waals surface area (Å²) in [7, 11) is 1.21. The summed E-state index contributed by atoms with van der Waals surface area (Å²) in [5.74, 6) is -0.559. The molecule has 0 amide bonds. The molecule has 0 saturated heterocycles. The molecule has 0 radical (unpaired) electrons. The molecule has 0 saturated carbocycles. The van der Waals surface area contributed by atoms with Gasteiger partial charge in [-0.15, -0.1) is 0 Å². The minimum atomic E-state index is -4.46. The van der Waals surface area contributed by atoms with Gasteiger partial charge in [0, 0.05) is 0 Å². The average Bonchev–Trinajstić information content (AvgIpc) is 2.35. The minimum absolute atomic E-state index is 0.0498. The van der Waals surface area contributed by atoms with Crippen molar-refractivity contribution in [3.63, 3.8) is 0 Å². The summed E-state index contributed by atoms with van der Waals surface area (Å²) in [6, 6.07) is 2.14. The van der Waals surface area contributed by atoms with E-state index in [0.29, 0.717) is 6.42 Å². The number of ether oxygens (including phenoxy) is 1. The highest BCUT2D eigenvalue weighted by molar-refractivity contribution is 6.33. The maximum Gasteiger partial charge on any atom is 0.416 e. The second kappa shape index (κ2) is 6.14. The molecule has 19 heavy (non-hydrogen) atoms. The molecule has 7 heteroatoms. The van der Waals surface area contributed by atoms with Gasteiger partial charge in [0.05, 0.1) is 23.4 Å². The zero-order chi connectivity index (χ0) is 14.6. The second-order valence-corrected chi connectivity index (χ2v) is 4.23. The topological polar surface area (TPSA) is 38.3 Å². The lowest BCUT2D eigenvalue weighted by molar-refractivity contribution is -0.141. The van der Waals surface area contributed by atoms with Crippen molar-refractivity contribution in [2.24, 2.45) is 0 Å². The predicted molar refractivity (Wildman–Crippen MR) is 66.2 cm³/mol. The van der Waals surface area contributed by atoms with E-state index in [2.05, 4.69) is 10.1 Å². The minimum Gasteiger partial charge on any atom is -0.467 e. The Morgan fingerprint density at radius 2 is 2.11 bits per heavy atom. The Bertz CT molecular complexity index is 463. The molecule has 0 aliphatic carbocycles. The molecule has 1 aromatic carbocycles. The van der Waals surface area contributed by atoms with Gasteiger partial charge in [0.15, 0.2) is 0 Å². The first-order valence-corrected chi connectivity index (χ1v) is 5.88. The van der Waals surface area contributed by atoms with Crippen LogP contribution in [0.2, 0.25) is 5.02 Å². The first kappa shape index (κ1) is 15.6. The molecule has 1 atom stereocenters. The van der Waals surface area contributed by atoms with Crippen molar-refractivity contribution in [3.8, 4) is 0 Å². The highest BCUT2D eigenvalue weighted by Gasteiger charge is 2.31. The Balaban J connectivity index is 3.03. The largest absolute Gasteiger partial charge is 0.467 e. The highest BCUT2D eigenvalue weighted by atomic mass is 35.5. The first-order chi connectivity index (χ1) is 8.79. The molecule has 0 fully saturated rings. The smallest absolute Gasteiger partial charge is 0.416 e. The molecular weight excluding hydrogens is 283 g/mol. The second-order valence-electron chi connectivity index (χ2n) is 3.82. The van der Waals surface area contributed by atoms with Crippen molar-refractivity contribution in [3.05, 3.63) is 28.8 Å². The quantitative estimate of drug-likeness (QED) is 0.860. The van der Waals surface area contributed by atoms with Gasteiger partial charge in [0.1, 0.15) is 6.04 Å². The molecule has 0 aliphatic rings. The predicted octanol–water partition coefficient (Wildman–Crippen LogP) is 3.72. The summed E-state index contributed by atoms with van der Waals surface area (Å²) in [6.45, 7) is 1.70. The van der Waals surface area contributed by atoms with Crippen LogP contribution in [0.25, 0.3) is 0 Å². The number of methoxy groups -OCH3 is 1. The number of nitrogens with one attached hydrogen (secondary N) is 1. The van der Waals surface area contributed by atoms with Crippen LogP contribution >= 0.6 is 11.6 Å². The Morgan fingerprint density at radius 1 is 1.47 bits per heavy atom. The fourth-order valence-corrected chi connectivity index (χ4v) is 1.64. The van der Waals surface area contributed by atoms with E-state index in [4.69, 9.17) is 11.6 Å². The third kappa shape index (κ3) is 4.02. The van der Waals surface area contributed by atoms with Gasteiger partial charge >= 0.3 is 12.1 Å². The summed E-state index contributed by atoms with van der Waals surface area (Å²) in [5.41, 5.74) is -0.784. The summed E-state index contributed by atoms with van der Waals surface area (Å²) in [5, 5.41) is 2.76. The van der Waals surface area contributed by atoms with Crippen molar-refractivity contribution in [1.82, 2.24) is 0 Å². The number of halogens is 4. The van der Waals surface area contributed by atoms with Crippen molar-refractivity contribution >= 4 is 23.3 Å². The Kier molecular flexibility index (Phi) is 5.05. The number of rotatable bonds is 4. The van der Waals surface area contributed by atoms with Crippen LogP contribution in [0.4, 0.5) is 18.9 Å². The highest BCUT2D eigenvalue weighted by Crippen LogP contribution is 2.34. The van der Waals surface area contributed by atoms with E-state index in [1.807, 2.05) is 0 Å². The summed E-state index contributed by atoms with van der Waals surface area (Å²) in [4.78, 5) is 11.4. The van der Waals surface area contributed by atoms with Crippen molar-refractivity contribution < 1.29 is 22.7 Å². The third-order valence-corrected chi connectivity index (χ3v) is 2.85. The normalized spacial score (nSPS) is 12.9. The summed E-state index contributed by atoms with van der Waals surface area (Å²) in [6.07, 6.45) is -4.10. The molecule has 3 nitrogen and oxygen atoms in total. The lowest BCUT2D eigenvalue weighted by Gasteiger charge is -2.18. The van der Waals surface area contributed by atoms with Crippen LogP contribution < -0.4 is 5.32 Å². The number of hydrogen-bond donors (Lipinski definition) is 1. The Labute approximate surface area is 113 Å². The molecule has 0 bridgehead atoms. The van der Waals surface area contributed by atoms with E-state index in [1.54, 1.807) is 6.92 Å². The van der Waals surface area contributed by atoms with Gasteiger partial charge in [0.2, 0.25) is 0 Å². The zero-order valence-electron chi connectivity index (χ0n) is 10.3. The van der Waals surface area contributed by atoms with E-state index in [-0.39, 0.29) is 10.7 Å². The molecule has 0 aromatic heterocycles. The van der Waals surface area contributed by atoms with E-state index in [9.17, 15) is 18.0 Å². The third-order valence-electron chi connectivity index (χ3n) is 2.52. The van der Waals surface area contributed by atoms with Gasteiger partial charge in [-0.2, -0.15) is 13.2 Å². The number of carbonyl (C=O) groups is 1. The maximum absolute atomic E-state index is 12.6. The molecule has 0 aliphatic heterocycles. The molecule has 1 N–H and O–H groups in total. The maximum atomic E-state index is 12.6. The number of alkyl halides is 3. The first-order valence-electron chi connectivity index (χ1n) is 5.50. The molecule has 106 valence electrons. The van der Waals surface area contributed by atoms with Gasteiger partial charge < -0.3 is 10.1 Å². The molecule has 1 aromatic rings. The standard InChI is InChI=1S/C12H13ClF3NO2/c1-3-9(11(18)19-2)17-10-6-7(12(14,15)16)4-5-8(10)13/h4-6,9,17H,3H2,1-2H3. The lowest BCUT2D eigenvalue weighted by atomic mass is 10.1. The summed E-state index contributed by atoms with van der Waals surface area (Å²) >= 11 is 5.81. The van der Waals surface area contributed by atoms with Gasteiger partial charge in [0.25, 0.3) is 0 Å². The van der Waals surface area contributed by atoms with Crippen LogP contribution in [0.15, 0.2) is 18.2 Å². The van der Waals surface area contributed by atoms with Crippen molar-refractivity contribution in [1.29, 1.82) is 0 Å². The number of carbonyl (C=O) groups excluding carboxylic acids is 1. The van der Waals surface area contributed by atoms with Crippen molar-refractivity contribution in [2.75, 3.05) is 12.4 Å². The number of benzene rings is 1. The summed E-state index contributed by atoms with van der Waals surface area (Å²) < 4.78 is 42.3. The van der Waals surface area contributed by atoms with Crippen LogP contribution in [0.5, 0.6) is 0 Å². The molecule has 1 rings (SSSR count). The van der Waals surface area contributed by atoms with Gasteiger partial charge in [-0.1, -0.05) is 18.5 Å². The fraction of sp³-hybridized carbons (Fsp3) is 0.417. The van der Waals surface area contributed by atoms with Crippen molar-refractivity contribution in [2.45, 2.75) is 25.6 Å². The molecular formula is C12H13ClF3NO2. The van der Waals surface area contributed by atoms with Crippen LogP contribution in [0.3, 0.4) is 0 Å². The number of hydrogen-bond acceptors (Lipinski definition) is 3. The Morgan fingerprint density at radius 3 is 2.58 bits per heavy atom. The van der Waals surface area contributed by atoms with Crippen LogP contribution in [0, 0.1) is 0 Å². The SMILES string of the molecule is CCC(Nc1cc(C(F)(F)F)ccc1Cl)C(=O)OC. The van der Waals surface area contributed by atoms with E-state index in [1.165, 1.54) is 7.11 Å². The molecule has 0 heterocycles. The fourth-order valence-electron chi connectivity index (χ4n) is 1.47. The van der Waals surface area contributed by atoms with Gasteiger partial charge in [-0.3, -0.25) is 0 Å². The molecule has 0 spiro atoms. The van der Waals surface area contributed by atoms with Crippen LogP contribution in [-0.2, 0) is 15.7 Å². The monoisotopic (exact) mass is 295 g/mol. The molecule has 1 unspecified atom stereocenters. The zero-order valence-corrected chi connectivity index (χ0v) is 11.1. The lowest BCUT2D eigenvalue weighted by Crippen LogP contribution is -2.30. The van der Waals surface area contributed by atoms with Crippen LogP contribution in [-0.4, -0.2) is 19.1 Å².